The smallest absolute Gasteiger partial charge is 0.422 e. The number of hydrogen-bond donors (Lipinski definition) is 0. The number of ketones is 1. The molecule has 4 nitrogen and oxygen atoms in total. The summed E-state index contributed by atoms with van der Waals surface area (Å²) in [5.41, 5.74) is -0.916. The van der Waals surface area contributed by atoms with Gasteiger partial charge in [-0.1, -0.05) is 11.6 Å². The average Bonchev–Trinajstić information content (AvgIpc) is 2.50. The summed E-state index contributed by atoms with van der Waals surface area (Å²) in [4.78, 5) is 12.0. The first-order valence-electron chi connectivity index (χ1n) is 5.90. The summed E-state index contributed by atoms with van der Waals surface area (Å²) in [6.07, 6.45) is -4.55. The highest BCUT2D eigenvalue weighted by atomic mass is 35.5. The Balaban J connectivity index is 2.19. The van der Waals surface area contributed by atoms with Crippen LogP contribution in [-0.4, -0.2) is 28.8 Å². The first-order chi connectivity index (χ1) is 10.7. The van der Waals surface area contributed by atoms with Crippen LogP contribution in [0, 0.1) is 11.6 Å². The monoisotopic (exact) mass is 352 g/mol. The van der Waals surface area contributed by atoms with Crippen molar-refractivity contribution in [1.29, 1.82) is 0 Å². The Morgan fingerprint density at radius 1 is 1.13 bits per heavy atom. The summed E-state index contributed by atoms with van der Waals surface area (Å²) in [5, 5.41) is 5.78. The van der Waals surface area contributed by atoms with Gasteiger partial charge in [-0.3, -0.25) is 4.79 Å². The molecule has 0 unspecified atom stereocenters. The fraction of sp³-hybridized carbons (Fsp3) is 0.154. The van der Waals surface area contributed by atoms with E-state index in [9.17, 15) is 26.7 Å². The van der Waals surface area contributed by atoms with Crippen LogP contribution in [0.4, 0.5) is 22.0 Å². The van der Waals surface area contributed by atoms with Crippen molar-refractivity contribution < 1.29 is 31.5 Å². The molecule has 0 saturated heterocycles. The van der Waals surface area contributed by atoms with Gasteiger partial charge in [0.2, 0.25) is 11.7 Å². The molecule has 0 bridgehead atoms. The maximum Gasteiger partial charge on any atom is 0.422 e. The number of ether oxygens (including phenoxy) is 1. The number of nitrogens with zero attached hydrogens (tertiary/aromatic N) is 2. The predicted molar refractivity (Wildman–Crippen MR) is 68.4 cm³/mol. The van der Waals surface area contributed by atoms with E-state index < -0.39 is 46.7 Å². The van der Waals surface area contributed by atoms with Crippen LogP contribution in [-0.2, 0) is 0 Å². The van der Waals surface area contributed by atoms with E-state index in [1.165, 1.54) is 0 Å². The van der Waals surface area contributed by atoms with E-state index in [1.54, 1.807) is 0 Å². The molecule has 0 aliphatic heterocycles. The summed E-state index contributed by atoms with van der Waals surface area (Å²) in [5.74, 6) is -3.73. The molecular weight excluding hydrogens is 347 g/mol. The van der Waals surface area contributed by atoms with Crippen LogP contribution in [0.3, 0.4) is 0 Å². The van der Waals surface area contributed by atoms with Crippen LogP contribution in [0.25, 0.3) is 0 Å². The first kappa shape index (κ1) is 17.1. The molecule has 23 heavy (non-hydrogen) atoms. The van der Waals surface area contributed by atoms with Gasteiger partial charge >= 0.3 is 6.18 Å². The van der Waals surface area contributed by atoms with E-state index in [0.29, 0.717) is 0 Å². The zero-order valence-corrected chi connectivity index (χ0v) is 11.8. The number of benzene rings is 1. The molecule has 122 valence electrons. The van der Waals surface area contributed by atoms with Gasteiger partial charge in [0.15, 0.2) is 12.4 Å². The highest BCUT2D eigenvalue weighted by Gasteiger charge is 2.29. The maximum absolute atomic E-state index is 13.7. The second-order valence-electron chi connectivity index (χ2n) is 4.21. The second-order valence-corrected chi connectivity index (χ2v) is 4.59. The quantitative estimate of drug-likeness (QED) is 0.479. The standard InChI is InChI=1S/C13H6ClF5N2O2/c14-10-7(15)2-1-6(11(10)16)12(22)8-3-4-9(21-20-8)23-5-13(17,18)19/h1-4H,5H2. The third kappa shape index (κ3) is 4.13. The van der Waals surface area contributed by atoms with Crippen molar-refractivity contribution in [2.45, 2.75) is 6.18 Å². The Morgan fingerprint density at radius 2 is 1.83 bits per heavy atom. The number of aromatic nitrogens is 2. The lowest BCUT2D eigenvalue weighted by Crippen LogP contribution is -2.20. The number of carbonyl (C=O) groups is 1. The van der Waals surface area contributed by atoms with E-state index in [4.69, 9.17) is 11.6 Å². The minimum absolute atomic E-state index is 0.370. The molecule has 1 aromatic carbocycles. The molecule has 1 heterocycles. The molecule has 0 atom stereocenters. The highest BCUT2D eigenvalue weighted by Crippen LogP contribution is 2.23. The van der Waals surface area contributed by atoms with E-state index in [1.807, 2.05) is 0 Å². The lowest BCUT2D eigenvalue weighted by molar-refractivity contribution is -0.154. The fourth-order valence-electron chi connectivity index (χ4n) is 1.51. The molecule has 0 saturated carbocycles. The summed E-state index contributed by atoms with van der Waals surface area (Å²) in [7, 11) is 0. The number of rotatable bonds is 4. The molecule has 0 aliphatic rings. The summed E-state index contributed by atoms with van der Waals surface area (Å²) in [6, 6.07) is 3.63. The normalized spacial score (nSPS) is 11.4. The molecule has 0 fully saturated rings. The molecule has 2 rings (SSSR count). The summed E-state index contributed by atoms with van der Waals surface area (Å²) < 4.78 is 67.0. The lowest BCUT2D eigenvalue weighted by atomic mass is 10.1. The third-order valence-corrected chi connectivity index (χ3v) is 2.88. The molecule has 0 N–H and O–H groups in total. The van der Waals surface area contributed by atoms with E-state index in [2.05, 4.69) is 14.9 Å². The van der Waals surface area contributed by atoms with Gasteiger partial charge in [-0.15, -0.1) is 10.2 Å². The summed E-state index contributed by atoms with van der Waals surface area (Å²) >= 11 is 5.36. The van der Waals surface area contributed by atoms with Gasteiger partial charge in [0.1, 0.15) is 16.5 Å². The van der Waals surface area contributed by atoms with Gasteiger partial charge in [-0.05, 0) is 18.2 Å². The molecular formula is C13H6ClF5N2O2. The predicted octanol–water partition coefficient (Wildman–Crippen LogP) is 3.58. The van der Waals surface area contributed by atoms with Crippen LogP contribution in [0.15, 0.2) is 24.3 Å². The largest absolute Gasteiger partial charge is 0.467 e. The van der Waals surface area contributed by atoms with Crippen LogP contribution in [0.1, 0.15) is 16.1 Å². The number of halogens is 6. The van der Waals surface area contributed by atoms with Gasteiger partial charge in [0.05, 0.1) is 5.56 Å². The SMILES string of the molecule is O=C(c1ccc(OCC(F)(F)F)nn1)c1ccc(F)c(Cl)c1F. The Bertz CT molecular complexity index is 734. The molecule has 0 radical (unpaired) electrons. The van der Waals surface area contributed by atoms with Crippen molar-refractivity contribution in [2.24, 2.45) is 0 Å². The zero-order valence-electron chi connectivity index (χ0n) is 11.0. The van der Waals surface area contributed by atoms with Crippen LogP contribution in [0.2, 0.25) is 5.02 Å². The Labute approximate surface area is 130 Å². The number of carbonyl (C=O) groups excluding carboxylic acids is 1. The molecule has 0 spiro atoms. The molecule has 1 aromatic heterocycles. The molecule has 2 aromatic rings. The van der Waals surface area contributed by atoms with Crippen molar-refractivity contribution in [3.63, 3.8) is 0 Å². The van der Waals surface area contributed by atoms with Gasteiger partial charge < -0.3 is 4.74 Å². The van der Waals surface area contributed by atoms with Gasteiger partial charge in [-0.2, -0.15) is 13.2 Å². The van der Waals surface area contributed by atoms with Crippen molar-refractivity contribution >= 4 is 17.4 Å². The van der Waals surface area contributed by atoms with Gasteiger partial charge in [0.25, 0.3) is 0 Å². The first-order valence-corrected chi connectivity index (χ1v) is 6.28. The Morgan fingerprint density at radius 3 is 2.39 bits per heavy atom. The van der Waals surface area contributed by atoms with Crippen molar-refractivity contribution in [3.8, 4) is 5.88 Å². The summed E-state index contributed by atoms with van der Waals surface area (Å²) in [6.45, 7) is -1.57. The second kappa shape index (κ2) is 6.45. The van der Waals surface area contributed by atoms with E-state index in [0.717, 1.165) is 24.3 Å². The zero-order chi connectivity index (χ0) is 17.2. The van der Waals surface area contributed by atoms with E-state index in [-0.39, 0.29) is 5.69 Å². The third-order valence-electron chi connectivity index (χ3n) is 2.54. The molecule has 0 aliphatic carbocycles. The average molecular weight is 353 g/mol. The minimum Gasteiger partial charge on any atom is -0.467 e. The van der Waals surface area contributed by atoms with Gasteiger partial charge in [-0.25, -0.2) is 8.78 Å². The number of alkyl halides is 3. The van der Waals surface area contributed by atoms with Crippen LogP contribution >= 0.6 is 11.6 Å². The van der Waals surface area contributed by atoms with Crippen molar-refractivity contribution in [3.05, 3.63) is 52.2 Å². The number of hydrogen-bond acceptors (Lipinski definition) is 4. The van der Waals surface area contributed by atoms with Crippen molar-refractivity contribution in [1.82, 2.24) is 10.2 Å². The maximum atomic E-state index is 13.7. The minimum atomic E-state index is -4.55. The molecule has 10 heteroatoms. The molecule has 0 amide bonds. The van der Waals surface area contributed by atoms with Crippen LogP contribution < -0.4 is 4.74 Å². The Kier molecular flexibility index (Phi) is 4.79. The Hall–Kier alpha value is -2.29. The fourth-order valence-corrected chi connectivity index (χ4v) is 1.68. The van der Waals surface area contributed by atoms with E-state index >= 15 is 0 Å². The lowest BCUT2D eigenvalue weighted by Gasteiger charge is -2.08. The highest BCUT2D eigenvalue weighted by molar-refractivity contribution is 6.31. The van der Waals surface area contributed by atoms with Crippen molar-refractivity contribution in [2.75, 3.05) is 6.61 Å². The topological polar surface area (TPSA) is 52.1 Å². The van der Waals surface area contributed by atoms with Gasteiger partial charge in [0, 0.05) is 6.07 Å². The van der Waals surface area contributed by atoms with Crippen LogP contribution in [0.5, 0.6) is 5.88 Å².